The van der Waals surface area contributed by atoms with Crippen molar-refractivity contribution in [2.75, 3.05) is 6.54 Å². The first-order valence-electron chi connectivity index (χ1n) is 5.52. The molecule has 0 spiro atoms. The number of fused-ring (bicyclic) bond motifs is 1. The molecule has 0 saturated carbocycles. The Labute approximate surface area is 103 Å². The molecule has 2 aromatic rings. The van der Waals surface area contributed by atoms with Gasteiger partial charge in [0.15, 0.2) is 0 Å². The van der Waals surface area contributed by atoms with Crippen molar-refractivity contribution in [2.45, 2.75) is 6.92 Å². The Hall–Kier alpha value is -2.37. The highest BCUT2D eigenvalue weighted by atomic mass is 16.4. The number of nitrogens with one attached hydrogen (secondary N) is 1. The number of nitrogens with zero attached hydrogens (tertiary/aromatic N) is 2. The van der Waals surface area contributed by atoms with E-state index in [1.807, 2.05) is 12.1 Å². The number of carbonyl (C=O) groups is 2. The van der Waals surface area contributed by atoms with Crippen LogP contribution >= 0.6 is 0 Å². The topological polar surface area (TPSA) is 83.7 Å². The fourth-order valence-electron chi connectivity index (χ4n) is 1.47. The minimum atomic E-state index is -0.940. The van der Waals surface area contributed by atoms with Crippen molar-refractivity contribution >= 4 is 17.5 Å². The van der Waals surface area contributed by atoms with Gasteiger partial charge in [0.05, 0.1) is 5.92 Å². The molecule has 6 heteroatoms. The highest BCUT2D eigenvalue weighted by Crippen LogP contribution is 2.04. The SMILES string of the molecule is CC(CNC(=O)c1cn2ccccc2n1)C(=O)O. The summed E-state index contributed by atoms with van der Waals surface area (Å²) in [6, 6.07) is 5.45. The molecule has 6 nitrogen and oxygen atoms in total. The Bertz CT molecular complexity index is 558. The van der Waals surface area contributed by atoms with Crippen LogP contribution in [0.1, 0.15) is 17.4 Å². The van der Waals surface area contributed by atoms with Gasteiger partial charge in [-0.1, -0.05) is 13.0 Å². The third-order valence-electron chi connectivity index (χ3n) is 2.59. The van der Waals surface area contributed by atoms with Gasteiger partial charge in [-0.25, -0.2) is 4.98 Å². The Balaban J connectivity index is 2.07. The molecule has 2 rings (SSSR count). The molecule has 0 aliphatic rings. The lowest BCUT2D eigenvalue weighted by atomic mass is 10.2. The highest BCUT2D eigenvalue weighted by molar-refractivity contribution is 5.93. The number of carboxylic acids is 1. The van der Waals surface area contributed by atoms with Crippen LogP contribution in [-0.2, 0) is 4.79 Å². The molecule has 0 aromatic carbocycles. The van der Waals surface area contributed by atoms with Crippen molar-refractivity contribution in [1.82, 2.24) is 14.7 Å². The number of imidazole rings is 1. The highest BCUT2D eigenvalue weighted by Gasteiger charge is 2.14. The summed E-state index contributed by atoms with van der Waals surface area (Å²) < 4.78 is 1.73. The van der Waals surface area contributed by atoms with Crippen LogP contribution in [0.2, 0.25) is 0 Å². The average molecular weight is 247 g/mol. The van der Waals surface area contributed by atoms with Crippen molar-refractivity contribution in [3.8, 4) is 0 Å². The second-order valence-corrected chi connectivity index (χ2v) is 4.04. The molecule has 1 atom stereocenters. The summed E-state index contributed by atoms with van der Waals surface area (Å²) in [5, 5.41) is 11.3. The smallest absolute Gasteiger partial charge is 0.308 e. The van der Waals surface area contributed by atoms with Crippen LogP contribution in [0.25, 0.3) is 5.65 Å². The van der Waals surface area contributed by atoms with Crippen LogP contribution in [0.15, 0.2) is 30.6 Å². The van der Waals surface area contributed by atoms with Crippen LogP contribution in [0, 0.1) is 5.92 Å². The van der Waals surface area contributed by atoms with Crippen LogP contribution in [0.3, 0.4) is 0 Å². The summed E-state index contributed by atoms with van der Waals surface area (Å²) in [6.45, 7) is 1.62. The minimum absolute atomic E-state index is 0.0854. The fourth-order valence-corrected chi connectivity index (χ4v) is 1.47. The summed E-state index contributed by atoms with van der Waals surface area (Å²) in [5.74, 6) is -1.93. The fraction of sp³-hybridized carbons (Fsp3) is 0.250. The predicted octanol–water partition coefficient (Wildman–Crippen LogP) is 0.785. The maximum absolute atomic E-state index is 11.8. The first kappa shape index (κ1) is 12.1. The molecular weight excluding hydrogens is 234 g/mol. The minimum Gasteiger partial charge on any atom is -0.481 e. The molecule has 94 valence electrons. The maximum Gasteiger partial charge on any atom is 0.308 e. The van der Waals surface area contributed by atoms with E-state index in [0.717, 1.165) is 0 Å². The van der Waals surface area contributed by atoms with E-state index in [9.17, 15) is 9.59 Å². The lowest BCUT2D eigenvalue weighted by molar-refractivity contribution is -0.140. The number of hydrogen-bond acceptors (Lipinski definition) is 3. The zero-order chi connectivity index (χ0) is 13.1. The molecule has 2 N–H and O–H groups in total. The average Bonchev–Trinajstić information content (AvgIpc) is 2.79. The number of hydrogen-bond donors (Lipinski definition) is 2. The first-order valence-corrected chi connectivity index (χ1v) is 5.52. The Morgan fingerprint density at radius 2 is 2.28 bits per heavy atom. The normalized spacial score (nSPS) is 12.3. The number of aromatic nitrogens is 2. The van der Waals surface area contributed by atoms with Gasteiger partial charge in [0, 0.05) is 18.9 Å². The standard InChI is InChI=1S/C12H13N3O3/c1-8(12(17)18)6-13-11(16)9-7-15-5-3-2-4-10(15)14-9/h2-5,7-8H,6H2,1H3,(H,13,16)(H,17,18). The van der Waals surface area contributed by atoms with Gasteiger partial charge in [-0.3, -0.25) is 9.59 Å². The van der Waals surface area contributed by atoms with Crippen molar-refractivity contribution in [2.24, 2.45) is 5.92 Å². The Morgan fingerprint density at radius 3 is 2.94 bits per heavy atom. The monoisotopic (exact) mass is 247 g/mol. The second-order valence-electron chi connectivity index (χ2n) is 4.04. The number of pyridine rings is 1. The molecule has 0 fully saturated rings. The van der Waals surface area contributed by atoms with E-state index in [-0.39, 0.29) is 18.1 Å². The molecule has 1 unspecified atom stereocenters. The number of rotatable bonds is 4. The molecule has 2 aromatic heterocycles. The molecule has 2 heterocycles. The quantitative estimate of drug-likeness (QED) is 0.836. The van der Waals surface area contributed by atoms with Gasteiger partial charge in [0.1, 0.15) is 11.3 Å². The van der Waals surface area contributed by atoms with Crippen LogP contribution in [-0.4, -0.2) is 32.9 Å². The Morgan fingerprint density at radius 1 is 1.50 bits per heavy atom. The van der Waals surface area contributed by atoms with E-state index in [2.05, 4.69) is 10.3 Å². The number of carbonyl (C=O) groups excluding carboxylic acids is 1. The van der Waals surface area contributed by atoms with Crippen LogP contribution in [0.4, 0.5) is 0 Å². The lowest BCUT2D eigenvalue weighted by Gasteiger charge is -2.06. The maximum atomic E-state index is 11.8. The van der Waals surface area contributed by atoms with E-state index in [1.165, 1.54) is 6.92 Å². The molecule has 0 aliphatic heterocycles. The first-order chi connectivity index (χ1) is 8.58. The van der Waals surface area contributed by atoms with Gasteiger partial charge in [-0.15, -0.1) is 0 Å². The zero-order valence-electron chi connectivity index (χ0n) is 9.83. The van der Waals surface area contributed by atoms with Crippen molar-refractivity contribution in [3.05, 3.63) is 36.3 Å². The van der Waals surface area contributed by atoms with Gasteiger partial charge >= 0.3 is 5.97 Å². The van der Waals surface area contributed by atoms with Crippen molar-refractivity contribution in [3.63, 3.8) is 0 Å². The van der Waals surface area contributed by atoms with E-state index in [0.29, 0.717) is 5.65 Å². The van der Waals surface area contributed by atoms with Gasteiger partial charge in [0.2, 0.25) is 0 Å². The van der Waals surface area contributed by atoms with Crippen LogP contribution in [0.5, 0.6) is 0 Å². The summed E-state index contributed by atoms with van der Waals surface area (Å²) in [5.41, 5.74) is 0.952. The molecule has 0 saturated heterocycles. The molecule has 0 radical (unpaired) electrons. The van der Waals surface area contributed by atoms with E-state index in [4.69, 9.17) is 5.11 Å². The summed E-state index contributed by atoms with van der Waals surface area (Å²) >= 11 is 0. The summed E-state index contributed by atoms with van der Waals surface area (Å²) in [4.78, 5) is 26.5. The summed E-state index contributed by atoms with van der Waals surface area (Å²) in [7, 11) is 0. The molecule has 18 heavy (non-hydrogen) atoms. The lowest BCUT2D eigenvalue weighted by Crippen LogP contribution is -2.31. The third-order valence-corrected chi connectivity index (χ3v) is 2.59. The predicted molar refractivity (Wildman–Crippen MR) is 64.3 cm³/mol. The number of amides is 1. The molecular formula is C12H13N3O3. The largest absolute Gasteiger partial charge is 0.481 e. The van der Waals surface area contributed by atoms with Gasteiger partial charge in [-0.2, -0.15) is 0 Å². The van der Waals surface area contributed by atoms with Gasteiger partial charge in [0.25, 0.3) is 5.91 Å². The van der Waals surface area contributed by atoms with E-state index in [1.54, 1.807) is 22.9 Å². The van der Waals surface area contributed by atoms with Crippen molar-refractivity contribution < 1.29 is 14.7 Å². The van der Waals surface area contributed by atoms with Gasteiger partial charge < -0.3 is 14.8 Å². The van der Waals surface area contributed by atoms with E-state index < -0.39 is 11.9 Å². The number of aliphatic carboxylic acids is 1. The van der Waals surface area contributed by atoms with Crippen LogP contribution < -0.4 is 5.32 Å². The molecule has 1 amide bonds. The summed E-state index contributed by atoms with van der Waals surface area (Å²) in [6.07, 6.45) is 3.40. The third kappa shape index (κ3) is 2.48. The van der Waals surface area contributed by atoms with Crippen molar-refractivity contribution in [1.29, 1.82) is 0 Å². The molecule has 0 aliphatic carbocycles. The van der Waals surface area contributed by atoms with E-state index >= 15 is 0 Å². The molecule has 0 bridgehead atoms. The zero-order valence-corrected chi connectivity index (χ0v) is 9.83. The Kier molecular flexibility index (Phi) is 3.27. The number of carboxylic acid groups (broad SMARTS) is 1. The van der Waals surface area contributed by atoms with Gasteiger partial charge in [-0.05, 0) is 12.1 Å². The second kappa shape index (κ2) is 4.87.